The number of nitrogens with zero attached hydrogens (tertiary/aromatic N) is 3. The van der Waals surface area contributed by atoms with Gasteiger partial charge in [0.15, 0.2) is 5.11 Å². The third-order valence-electron chi connectivity index (χ3n) is 5.83. The van der Waals surface area contributed by atoms with E-state index in [1.54, 1.807) is 18.3 Å². The number of aromatic nitrogens is 2. The van der Waals surface area contributed by atoms with E-state index >= 15 is 0 Å². The Kier molecular flexibility index (Phi) is 6.48. The molecule has 35 heavy (non-hydrogen) atoms. The van der Waals surface area contributed by atoms with Crippen LogP contribution in [-0.2, 0) is 4.79 Å². The largest absolute Gasteiger partial charge is 0.352 e. The first-order valence-electron chi connectivity index (χ1n) is 11.0. The van der Waals surface area contributed by atoms with E-state index in [2.05, 4.69) is 15.6 Å². The zero-order valence-corrected chi connectivity index (χ0v) is 20.0. The van der Waals surface area contributed by atoms with E-state index in [-0.39, 0.29) is 29.6 Å². The molecule has 0 saturated carbocycles. The molecule has 3 heterocycles. The van der Waals surface area contributed by atoms with Crippen molar-refractivity contribution in [3.63, 3.8) is 0 Å². The van der Waals surface area contributed by atoms with E-state index in [1.165, 1.54) is 6.07 Å². The number of carbonyl (C=O) groups excluding carboxylic acids is 1. The number of pyridine rings is 1. The summed E-state index contributed by atoms with van der Waals surface area (Å²) in [4.78, 5) is 19.4. The maximum absolute atomic E-state index is 13.8. The number of hydrogen-bond donors (Lipinski definition) is 2. The predicted octanol–water partition coefficient (Wildman–Crippen LogP) is 5.28. The first-order chi connectivity index (χ1) is 17.0. The Morgan fingerprint density at radius 3 is 2.63 bits per heavy atom. The Bertz CT molecular complexity index is 1360. The Morgan fingerprint density at radius 2 is 1.89 bits per heavy atom. The van der Waals surface area contributed by atoms with E-state index in [4.69, 9.17) is 23.8 Å². The Balaban J connectivity index is 1.52. The van der Waals surface area contributed by atoms with Crippen LogP contribution < -0.4 is 10.6 Å². The number of para-hydroxylation sites is 1. The van der Waals surface area contributed by atoms with Gasteiger partial charge in [-0.3, -0.25) is 9.78 Å². The Labute approximate surface area is 212 Å². The summed E-state index contributed by atoms with van der Waals surface area (Å²) in [5.74, 6) is -0.687. The molecule has 0 bridgehead atoms. The van der Waals surface area contributed by atoms with Crippen LogP contribution in [0, 0.1) is 5.82 Å². The lowest BCUT2D eigenvalue weighted by Gasteiger charge is -2.28. The van der Waals surface area contributed by atoms with Gasteiger partial charge >= 0.3 is 0 Å². The highest BCUT2D eigenvalue weighted by Gasteiger charge is 2.42. The van der Waals surface area contributed by atoms with Crippen molar-refractivity contribution in [3.8, 4) is 5.69 Å². The molecule has 0 unspecified atom stereocenters. The van der Waals surface area contributed by atoms with Gasteiger partial charge in [0.1, 0.15) is 12.4 Å². The van der Waals surface area contributed by atoms with Crippen LogP contribution in [0.25, 0.3) is 5.69 Å². The lowest BCUT2D eigenvalue weighted by Crippen LogP contribution is -2.37. The minimum absolute atomic E-state index is 0.0302. The second kappa shape index (κ2) is 9.85. The van der Waals surface area contributed by atoms with Crippen molar-refractivity contribution < 1.29 is 9.18 Å². The maximum atomic E-state index is 13.8. The van der Waals surface area contributed by atoms with Crippen molar-refractivity contribution in [2.75, 3.05) is 11.9 Å². The molecule has 4 aromatic rings. The number of halogens is 2. The molecule has 2 aromatic heterocycles. The van der Waals surface area contributed by atoms with Crippen molar-refractivity contribution in [2.24, 2.45) is 0 Å². The summed E-state index contributed by atoms with van der Waals surface area (Å²) >= 11 is 11.7. The van der Waals surface area contributed by atoms with E-state index in [9.17, 15) is 9.18 Å². The number of hydrogen-bond acceptors (Lipinski definition) is 3. The lowest BCUT2D eigenvalue weighted by molar-refractivity contribution is -0.116. The van der Waals surface area contributed by atoms with Crippen molar-refractivity contribution in [2.45, 2.75) is 12.1 Å². The van der Waals surface area contributed by atoms with Gasteiger partial charge in [-0.1, -0.05) is 35.9 Å². The maximum Gasteiger partial charge on any atom is 0.244 e. The van der Waals surface area contributed by atoms with Crippen LogP contribution in [0.3, 0.4) is 0 Å². The Hall–Kier alpha value is -3.75. The van der Waals surface area contributed by atoms with E-state index < -0.39 is 5.82 Å². The molecule has 5 rings (SSSR count). The van der Waals surface area contributed by atoms with E-state index in [0.717, 1.165) is 11.4 Å². The van der Waals surface area contributed by atoms with Gasteiger partial charge in [-0.15, -0.1) is 0 Å². The van der Waals surface area contributed by atoms with E-state index in [1.807, 2.05) is 76.3 Å². The SMILES string of the molecule is O=C(CN1C(=S)N[C@H](c2ccccn2)[C@@H]1c1cccn1-c1ccc(F)c(Cl)c1)Nc1ccccc1. The van der Waals surface area contributed by atoms with Crippen LogP contribution in [-0.4, -0.2) is 32.0 Å². The van der Waals surface area contributed by atoms with Crippen LogP contribution in [0.1, 0.15) is 23.5 Å². The monoisotopic (exact) mass is 505 g/mol. The predicted molar refractivity (Wildman–Crippen MR) is 138 cm³/mol. The Morgan fingerprint density at radius 1 is 1.09 bits per heavy atom. The number of amides is 1. The fourth-order valence-electron chi connectivity index (χ4n) is 4.28. The van der Waals surface area contributed by atoms with Crippen LogP contribution in [0.2, 0.25) is 5.02 Å². The molecule has 0 spiro atoms. The van der Waals surface area contributed by atoms with Gasteiger partial charge in [0.25, 0.3) is 0 Å². The molecular formula is C26H21ClFN5OS. The van der Waals surface area contributed by atoms with Gasteiger partial charge in [0, 0.05) is 29.5 Å². The summed E-state index contributed by atoms with van der Waals surface area (Å²) in [5, 5.41) is 6.74. The minimum atomic E-state index is -0.488. The highest BCUT2D eigenvalue weighted by Crippen LogP contribution is 2.39. The summed E-state index contributed by atoms with van der Waals surface area (Å²) in [6.45, 7) is 0.0318. The summed E-state index contributed by atoms with van der Waals surface area (Å²) < 4.78 is 15.8. The van der Waals surface area contributed by atoms with Gasteiger partial charge in [-0.2, -0.15) is 0 Å². The first kappa shape index (κ1) is 23.0. The smallest absolute Gasteiger partial charge is 0.244 e. The quantitative estimate of drug-likeness (QED) is 0.349. The third-order valence-corrected chi connectivity index (χ3v) is 6.48. The van der Waals surface area contributed by atoms with Gasteiger partial charge < -0.3 is 20.1 Å². The van der Waals surface area contributed by atoms with Gasteiger partial charge in [0.2, 0.25) is 5.91 Å². The average molecular weight is 506 g/mol. The van der Waals surface area contributed by atoms with Gasteiger partial charge in [-0.05, 0) is 66.8 Å². The highest BCUT2D eigenvalue weighted by molar-refractivity contribution is 7.80. The van der Waals surface area contributed by atoms with Crippen molar-refractivity contribution in [3.05, 3.63) is 113 Å². The van der Waals surface area contributed by atoms with Crippen LogP contribution >= 0.6 is 23.8 Å². The summed E-state index contributed by atoms with van der Waals surface area (Å²) in [6, 6.07) is 22.7. The van der Waals surface area contributed by atoms with Crippen molar-refractivity contribution in [1.29, 1.82) is 0 Å². The molecule has 1 aliphatic rings. The summed E-state index contributed by atoms with van der Waals surface area (Å²) in [5.41, 5.74) is 3.04. The van der Waals surface area contributed by atoms with Crippen LogP contribution in [0.5, 0.6) is 0 Å². The standard InChI is InChI=1S/C26H21ClFN5OS/c27-19-15-18(11-12-20(19)28)32-14-6-10-22(32)25-24(21-9-4-5-13-29-21)31-26(35)33(25)16-23(34)30-17-7-2-1-3-8-17/h1-15,24-25H,16H2,(H,30,34)(H,31,35)/t24-,25+/m1/s1. The number of anilines is 1. The first-order valence-corrected chi connectivity index (χ1v) is 11.8. The second-order valence-corrected chi connectivity index (χ2v) is 8.86. The summed E-state index contributed by atoms with van der Waals surface area (Å²) in [6.07, 6.45) is 3.60. The number of nitrogens with one attached hydrogen (secondary N) is 2. The average Bonchev–Trinajstić information content (AvgIpc) is 3.46. The second-order valence-electron chi connectivity index (χ2n) is 8.07. The van der Waals surface area contributed by atoms with Crippen molar-refractivity contribution in [1.82, 2.24) is 19.8 Å². The van der Waals surface area contributed by atoms with Crippen LogP contribution in [0.4, 0.5) is 10.1 Å². The third kappa shape index (κ3) is 4.76. The summed E-state index contributed by atoms with van der Waals surface area (Å²) in [7, 11) is 0. The topological polar surface area (TPSA) is 62.2 Å². The van der Waals surface area contributed by atoms with Gasteiger partial charge in [0.05, 0.1) is 22.8 Å². The van der Waals surface area contributed by atoms with Crippen LogP contribution in [0.15, 0.2) is 91.3 Å². The molecule has 1 amide bonds. The normalized spacial score (nSPS) is 17.3. The molecule has 1 fully saturated rings. The fraction of sp³-hybridized carbons (Fsp3) is 0.115. The zero-order chi connectivity index (χ0) is 24.4. The lowest BCUT2D eigenvalue weighted by atomic mass is 10.0. The molecule has 9 heteroatoms. The molecular weight excluding hydrogens is 485 g/mol. The van der Waals surface area contributed by atoms with E-state index in [0.29, 0.717) is 16.5 Å². The molecule has 6 nitrogen and oxygen atoms in total. The van der Waals surface area contributed by atoms with Gasteiger partial charge in [-0.25, -0.2) is 4.39 Å². The zero-order valence-electron chi connectivity index (χ0n) is 18.4. The number of carbonyl (C=O) groups is 1. The fourth-order valence-corrected chi connectivity index (χ4v) is 4.76. The number of thiocarbonyl (C=S) groups is 1. The molecule has 176 valence electrons. The molecule has 2 N–H and O–H groups in total. The number of benzene rings is 2. The number of rotatable bonds is 6. The molecule has 1 saturated heterocycles. The minimum Gasteiger partial charge on any atom is -0.352 e. The van der Waals surface area contributed by atoms with Crippen molar-refractivity contribution >= 4 is 40.5 Å². The molecule has 0 radical (unpaired) electrons. The molecule has 2 atom stereocenters. The molecule has 2 aromatic carbocycles. The highest BCUT2D eigenvalue weighted by atomic mass is 35.5. The molecule has 0 aliphatic carbocycles. The molecule has 1 aliphatic heterocycles.